The fraction of sp³-hybridized carbons (Fsp3) is 0.167. The van der Waals surface area contributed by atoms with Crippen LogP contribution in [-0.2, 0) is 0 Å². The molecule has 1 aromatic carbocycles. The van der Waals surface area contributed by atoms with Gasteiger partial charge in [0, 0.05) is 0 Å². The fourth-order valence-electron chi connectivity index (χ4n) is 1.45. The molecule has 0 spiro atoms. The number of carboxylic acids is 1. The molecular weight excluding hydrogens is 204 g/mol. The van der Waals surface area contributed by atoms with E-state index < -0.39 is 5.97 Å². The van der Waals surface area contributed by atoms with Crippen LogP contribution in [0.4, 0.5) is 0 Å². The average molecular weight is 216 g/mol. The predicted molar refractivity (Wildman–Crippen MR) is 62.7 cm³/mol. The highest BCUT2D eigenvalue weighted by Gasteiger charge is 2.05. The normalized spacial score (nSPS) is 18.9. The summed E-state index contributed by atoms with van der Waals surface area (Å²) in [4.78, 5) is 14.7. The maximum Gasteiger partial charge on any atom is 0.335 e. The van der Waals surface area contributed by atoms with Crippen molar-refractivity contribution in [1.82, 2.24) is 5.32 Å². The van der Waals surface area contributed by atoms with Crippen LogP contribution in [0.1, 0.15) is 15.9 Å². The van der Waals surface area contributed by atoms with Gasteiger partial charge in [0.15, 0.2) is 0 Å². The van der Waals surface area contributed by atoms with Crippen molar-refractivity contribution in [2.75, 3.05) is 6.54 Å². The molecule has 0 fully saturated rings. The van der Waals surface area contributed by atoms with Crippen LogP contribution in [0.5, 0.6) is 0 Å². The predicted octanol–water partition coefficient (Wildman–Crippen LogP) is 1.40. The second-order valence-electron chi connectivity index (χ2n) is 3.55. The van der Waals surface area contributed by atoms with Gasteiger partial charge in [0.1, 0.15) is 0 Å². The number of nitrogens with one attached hydrogen (secondary N) is 1. The molecule has 0 saturated heterocycles. The Bertz CT molecular complexity index is 427. The number of aromatic carboxylic acids is 1. The van der Waals surface area contributed by atoms with Crippen LogP contribution in [0.25, 0.3) is 6.08 Å². The largest absolute Gasteiger partial charge is 0.478 e. The molecule has 16 heavy (non-hydrogen) atoms. The van der Waals surface area contributed by atoms with Gasteiger partial charge in [0.2, 0.25) is 0 Å². The van der Waals surface area contributed by atoms with Gasteiger partial charge < -0.3 is 10.4 Å². The van der Waals surface area contributed by atoms with Crippen LogP contribution in [0.15, 0.2) is 35.3 Å². The molecule has 2 rings (SSSR count). The van der Waals surface area contributed by atoms with Gasteiger partial charge >= 0.3 is 5.97 Å². The standard InChI is InChI=1S/C12H12N2O2/c15-12(16)10-4-1-9(2-5-10)3-6-11-7-13-8-14-11/h1-6,8,11H,7H2,(H,13,14)(H,15,16)/b6-3+. The summed E-state index contributed by atoms with van der Waals surface area (Å²) in [5, 5.41) is 11.8. The van der Waals surface area contributed by atoms with E-state index in [4.69, 9.17) is 5.11 Å². The number of hydrogen-bond donors (Lipinski definition) is 2. The molecule has 0 saturated carbocycles. The van der Waals surface area contributed by atoms with E-state index in [2.05, 4.69) is 10.3 Å². The summed E-state index contributed by atoms with van der Waals surface area (Å²) >= 11 is 0. The van der Waals surface area contributed by atoms with Crippen molar-refractivity contribution in [3.63, 3.8) is 0 Å². The first-order chi connectivity index (χ1) is 7.75. The van der Waals surface area contributed by atoms with Crippen molar-refractivity contribution in [2.24, 2.45) is 4.99 Å². The van der Waals surface area contributed by atoms with Crippen molar-refractivity contribution in [1.29, 1.82) is 0 Å². The highest BCUT2D eigenvalue weighted by molar-refractivity contribution is 5.87. The van der Waals surface area contributed by atoms with Gasteiger partial charge in [0.25, 0.3) is 0 Å². The van der Waals surface area contributed by atoms with Crippen molar-refractivity contribution >= 4 is 18.4 Å². The van der Waals surface area contributed by atoms with Gasteiger partial charge in [-0.15, -0.1) is 0 Å². The molecule has 0 aliphatic carbocycles. The number of benzene rings is 1. The molecule has 1 heterocycles. The summed E-state index contributed by atoms with van der Waals surface area (Å²) in [5.74, 6) is -0.901. The molecule has 1 aromatic rings. The first kappa shape index (κ1) is 10.4. The Morgan fingerprint density at radius 1 is 1.44 bits per heavy atom. The van der Waals surface area contributed by atoms with E-state index in [1.54, 1.807) is 30.6 Å². The number of carbonyl (C=O) groups is 1. The van der Waals surface area contributed by atoms with Gasteiger partial charge in [-0.05, 0) is 17.7 Å². The van der Waals surface area contributed by atoms with Crippen LogP contribution < -0.4 is 5.32 Å². The molecule has 4 heteroatoms. The summed E-state index contributed by atoms with van der Waals surface area (Å²) in [5.41, 5.74) is 1.29. The minimum absolute atomic E-state index is 0.249. The van der Waals surface area contributed by atoms with Crippen LogP contribution in [0.2, 0.25) is 0 Å². The molecular formula is C12H12N2O2. The number of rotatable bonds is 3. The highest BCUT2D eigenvalue weighted by atomic mass is 16.4. The second kappa shape index (κ2) is 4.61. The number of carboxylic acid groups (broad SMARTS) is 1. The summed E-state index contributed by atoms with van der Waals surface area (Å²) in [6.45, 7) is 0.754. The van der Waals surface area contributed by atoms with E-state index in [0.717, 1.165) is 12.1 Å². The van der Waals surface area contributed by atoms with E-state index in [1.807, 2.05) is 12.2 Å². The Morgan fingerprint density at radius 3 is 2.75 bits per heavy atom. The van der Waals surface area contributed by atoms with E-state index >= 15 is 0 Å². The number of nitrogens with zero attached hydrogens (tertiary/aromatic N) is 1. The Hall–Kier alpha value is -2.10. The Labute approximate surface area is 93.3 Å². The van der Waals surface area contributed by atoms with Gasteiger partial charge in [-0.1, -0.05) is 24.3 Å². The van der Waals surface area contributed by atoms with Crippen LogP contribution in [-0.4, -0.2) is 30.0 Å². The molecule has 2 N–H and O–H groups in total. The van der Waals surface area contributed by atoms with Crippen molar-refractivity contribution in [3.8, 4) is 0 Å². The molecule has 0 amide bonds. The minimum atomic E-state index is -0.901. The van der Waals surface area contributed by atoms with Crippen LogP contribution >= 0.6 is 0 Å². The lowest BCUT2D eigenvalue weighted by Crippen LogP contribution is -2.21. The van der Waals surface area contributed by atoms with Crippen molar-refractivity contribution in [2.45, 2.75) is 6.04 Å². The lowest BCUT2D eigenvalue weighted by molar-refractivity contribution is 0.0697. The van der Waals surface area contributed by atoms with E-state index in [0.29, 0.717) is 5.56 Å². The van der Waals surface area contributed by atoms with E-state index in [1.165, 1.54) is 0 Å². The van der Waals surface area contributed by atoms with Crippen molar-refractivity contribution in [3.05, 3.63) is 41.5 Å². The lowest BCUT2D eigenvalue weighted by atomic mass is 10.1. The van der Waals surface area contributed by atoms with E-state index in [-0.39, 0.29) is 6.04 Å². The first-order valence-corrected chi connectivity index (χ1v) is 5.01. The minimum Gasteiger partial charge on any atom is -0.478 e. The summed E-state index contributed by atoms with van der Waals surface area (Å²) < 4.78 is 0. The van der Waals surface area contributed by atoms with Crippen LogP contribution in [0, 0.1) is 0 Å². The number of aliphatic imine (C=N–C) groups is 1. The Kier molecular flexibility index (Phi) is 3.00. The number of hydrogen-bond acceptors (Lipinski definition) is 3. The van der Waals surface area contributed by atoms with Gasteiger partial charge in [-0.3, -0.25) is 4.99 Å². The zero-order chi connectivity index (χ0) is 11.4. The quantitative estimate of drug-likeness (QED) is 0.802. The molecule has 0 aromatic heterocycles. The third kappa shape index (κ3) is 2.48. The molecule has 1 atom stereocenters. The molecule has 1 aliphatic heterocycles. The zero-order valence-electron chi connectivity index (χ0n) is 8.63. The maximum atomic E-state index is 10.6. The van der Waals surface area contributed by atoms with Gasteiger partial charge in [-0.25, -0.2) is 4.79 Å². The van der Waals surface area contributed by atoms with Crippen molar-refractivity contribution < 1.29 is 9.90 Å². The van der Waals surface area contributed by atoms with Gasteiger partial charge in [-0.2, -0.15) is 0 Å². The monoisotopic (exact) mass is 216 g/mol. The Balaban J connectivity index is 2.02. The molecule has 1 aliphatic rings. The van der Waals surface area contributed by atoms with E-state index in [9.17, 15) is 4.79 Å². The van der Waals surface area contributed by atoms with Gasteiger partial charge in [0.05, 0.1) is 24.5 Å². The fourth-order valence-corrected chi connectivity index (χ4v) is 1.45. The topological polar surface area (TPSA) is 61.7 Å². The smallest absolute Gasteiger partial charge is 0.335 e. The third-order valence-corrected chi connectivity index (χ3v) is 2.36. The maximum absolute atomic E-state index is 10.6. The second-order valence-corrected chi connectivity index (χ2v) is 3.55. The zero-order valence-corrected chi connectivity index (χ0v) is 8.63. The lowest BCUT2D eigenvalue weighted by Gasteiger charge is -2.02. The van der Waals surface area contributed by atoms with Crippen LogP contribution in [0.3, 0.4) is 0 Å². The third-order valence-electron chi connectivity index (χ3n) is 2.36. The summed E-state index contributed by atoms with van der Waals surface area (Å²) in [7, 11) is 0. The highest BCUT2D eigenvalue weighted by Crippen LogP contribution is 2.07. The average Bonchev–Trinajstić information content (AvgIpc) is 2.80. The Morgan fingerprint density at radius 2 is 2.19 bits per heavy atom. The molecule has 82 valence electrons. The summed E-state index contributed by atoms with van der Waals surface area (Å²) in [6, 6.07) is 7.02. The summed E-state index contributed by atoms with van der Waals surface area (Å²) in [6.07, 6.45) is 5.67. The molecule has 0 bridgehead atoms. The molecule has 0 radical (unpaired) electrons. The SMILES string of the molecule is O=C(O)c1ccc(/C=C/C2CN=CN2)cc1. The first-order valence-electron chi connectivity index (χ1n) is 5.01. The molecule has 1 unspecified atom stereocenters. The molecule has 4 nitrogen and oxygen atoms in total.